The summed E-state index contributed by atoms with van der Waals surface area (Å²) in [5.74, 6) is 0.362. The molecule has 12 heteroatoms. The van der Waals surface area contributed by atoms with E-state index in [1.54, 1.807) is 43.3 Å². The highest BCUT2D eigenvalue weighted by molar-refractivity contribution is 8.18. The number of ether oxygens (including phenoxy) is 2. The highest BCUT2D eigenvalue weighted by Crippen LogP contribution is 2.36. The van der Waals surface area contributed by atoms with Crippen molar-refractivity contribution < 1.29 is 28.9 Å². The van der Waals surface area contributed by atoms with Crippen LogP contribution < -0.4 is 9.47 Å². The number of non-ortho nitro benzene ring substituents is 2. The van der Waals surface area contributed by atoms with Gasteiger partial charge in [0.1, 0.15) is 6.61 Å². The van der Waals surface area contributed by atoms with Crippen molar-refractivity contribution in [2.75, 3.05) is 6.61 Å². The summed E-state index contributed by atoms with van der Waals surface area (Å²) in [6, 6.07) is 16.8. The maximum atomic E-state index is 12.9. The summed E-state index contributed by atoms with van der Waals surface area (Å²) in [7, 11) is 0. The summed E-state index contributed by atoms with van der Waals surface area (Å²) in [4.78, 5) is 47.6. The number of nitro benzene ring substituents is 2. The number of rotatable bonds is 10. The van der Waals surface area contributed by atoms with Crippen molar-refractivity contribution in [3.8, 4) is 11.5 Å². The van der Waals surface area contributed by atoms with Gasteiger partial charge >= 0.3 is 0 Å². The van der Waals surface area contributed by atoms with Crippen LogP contribution >= 0.6 is 11.8 Å². The minimum absolute atomic E-state index is 0.00533. The first-order valence-electron chi connectivity index (χ1n) is 11.4. The molecule has 0 saturated carbocycles. The third-order valence-electron chi connectivity index (χ3n) is 5.44. The smallest absolute Gasteiger partial charge is 0.293 e. The molecular formula is C26H21N3O8S. The Hall–Kier alpha value is -4.71. The fourth-order valence-corrected chi connectivity index (χ4v) is 4.45. The Kier molecular flexibility index (Phi) is 8.02. The van der Waals surface area contributed by atoms with Gasteiger partial charge in [-0.3, -0.25) is 34.7 Å². The molecule has 1 aliphatic rings. The molecule has 0 spiro atoms. The maximum absolute atomic E-state index is 12.9. The van der Waals surface area contributed by atoms with E-state index in [2.05, 4.69) is 0 Å². The third-order valence-corrected chi connectivity index (χ3v) is 6.35. The van der Waals surface area contributed by atoms with E-state index in [0.29, 0.717) is 34.8 Å². The molecule has 4 rings (SSSR count). The van der Waals surface area contributed by atoms with Crippen molar-refractivity contribution in [1.82, 2.24) is 4.90 Å². The predicted molar refractivity (Wildman–Crippen MR) is 140 cm³/mol. The number of thioether (sulfide) groups is 1. The monoisotopic (exact) mass is 535 g/mol. The van der Waals surface area contributed by atoms with Gasteiger partial charge in [-0.15, -0.1) is 0 Å². The maximum Gasteiger partial charge on any atom is 0.293 e. The standard InChI is InChI=1S/C26H21N3O8S/c1-2-36-23-13-18(8-11-22(23)37-16-19-4-3-5-21(12-19)29(34)35)14-24-25(30)27(26(31)38-24)15-17-6-9-20(10-7-17)28(32)33/h3-14H,2,15-16H2,1H3. The lowest BCUT2D eigenvalue weighted by molar-refractivity contribution is -0.385. The van der Waals surface area contributed by atoms with Gasteiger partial charge in [0.25, 0.3) is 22.5 Å². The molecule has 2 amide bonds. The Bertz CT molecular complexity index is 1440. The Balaban J connectivity index is 1.48. The first kappa shape index (κ1) is 26.4. The van der Waals surface area contributed by atoms with E-state index < -0.39 is 21.0 Å². The number of hydrogen-bond acceptors (Lipinski definition) is 9. The Morgan fingerprint density at radius 3 is 2.29 bits per heavy atom. The zero-order valence-corrected chi connectivity index (χ0v) is 20.9. The van der Waals surface area contributed by atoms with Crippen LogP contribution in [0.3, 0.4) is 0 Å². The summed E-state index contributed by atoms with van der Waals surface area (Å²) in [6.07, 6.45) is 1.58. The second-order valence-corrected chi connectivity index (χ2v) is 9.04. The molecule has 0 N–H and O–H groups in total. The molecule has 1 fully saturated rings. The second kappa shape index (κ2) is 11.6. The highest BCUT2D eigenvalue weighted by atomic mass is 32.2. The minimum atomic E-state index is -0.521. The van der Waals surface area contributed by atoms with E-state index in [0.717, 1.165) is 16.7 Å². The topological polar surface area (TPSA) is 142 Å². The van der Waals surface area contributed by atoms with Crippen molar-refractivity contribution in [3.05, 3.63) is 109 Å². The fraction of sp³-hybridized carbons (Fsp3) is 0.154. The van der Waals surface area contributed by atoms with Crippen LogP contribution in [0.25, 0.3) is 6.08 Å². The van der Waals surface area contributed by atoms with Crippen molar-refractivity contribution >= 4 is 40.4 Å². The van der Waals surface area contributed by atoms with Gasteiger partial charge in [0.2, 0.25) is 0 Å². The number of benzene rings is 3. The molecule has 1 saturated heterocycles. The fourth-order valence-electron chi connectivity index (χ4n) is 3.62. The van der Waals surface area contributed by atoms with Crippen LogP contribution in [0.15, 0.2) is 71.6 Å². The van der Waals surface area contributed by atoms with Gasteiger partial charge in [0.05, 0.1) is 27.9 Å². The predicted octanol–water partition coefficient (Wildman–Crippen LogP) is 5.72. The number of imide groups is 1. The summed E-state index contributed by atoms with van der Waals surface area (Å²) < 4.78 is 11.5. The molecule has 0 unspecified atom stereocenters. The molecule has 11 nitrogen and oxygen atoms in total. The van der Waals surface area contributed by atoms with Crippen LogP contribution in [0.5, 0.6) is 11.5 Å². The second-order valence-electron chi connectivity index (χ2n) is 8.05. The number of nitrogens with zero attached hydrogens (tertiary/aromatic N) is 3. The van der Waals surface area contributed by atoms with Crippen LogP contribution in [-0.4, -0.2) is 32.5 Å². The summed E-state index contributed by atoms with van der Waals surface area (Å²) in [6.45, 7) is 2.24. The Morgan fingerprint density at radius 1 is 0.868 bits per heavy atom. The molecule has 1 aliphatic heterocycles. The van der Waals surface area contributed by atoms with E-state index in [-0.39, 0.29) is 29.4 Å². The van der Waals surface area contributed by atoms with Crippen LogP contribution in [-0.2, 0) is 17.9 Å². The zero-order chi connectivity index (χ0) is 27.2. The molecule has 38 heavy (non-hydrogen) atoms. The van der Waals surface area contributed by atoms with E-state index in [4.69, 9.17) is 9.47 Å². The molecule has 3 aromatic rings. The molecule has 0 atom stereocenters. The quantitative estimate of drug-likeness (QED) is 0.181. The van der Waals surface area contributed by atoms with Gasteiger partial charge in [-0.25, -0.2) is 0 Å². The molecule has 1 heterocycles. The number of carbonyl (C=O) groups excluding carboxylic acids is 2. The average Bonchev–Trinajstić information content (AvgIpc) is 3.16. The first-order valence-corrected chi connectivity index (χ1v) is 12.2. The number of hydrogen-bond donors (Lipinski definition) is 0. The third kappa shape index (κ3) is 6.16. The van der Waals surface area contributed by atoms with E-state index >= 15 is 0 Å². The van der Waals surface area contributed by atoms with Crippen LogP contribution in [0, 0.1) is 20.2 Å². The lowest BCUT2D eigenvalue weighted by atomic mass is 10.1. The first-order chi connectivity index (χ1) is 18.2. The van der Waals surface area contributed by atoms with Crippen molar-refractivity contribution in [3.63, 3.8) is 0 Å². The van der Waals surface area contributed by atoms with Gasteiger partial charge in [0, 0.05) is 24.3 Å². The number of nitro groups is 2. The van der Waals surface area contributed by atoms with Crippen molar-refractivity contribution in [2.45, 2.75) is 20.1 Å². The van der Waals surface area contributed by atoms with Crippen molar-refractivity contribution in [1.29, 1.82) is 0 Å². The van der Waals surface area contributed by atoms with Gasteiger partial charge in [0.15, 0.2) is 11.5 Å². The van der Waals surface area contributed by atoms with E-state index in [1.807, 2.05) is 0 Å². The van der Waals surface area contributed by atoms with Gasteiger partial charge in [-0.05, 0) is 53.6 Å². The summed E-state index contributed by atoms with van der Waals surface area (Å²) in [5.41, 5.74) is 1.70. The minimum Gasteiger partial charge on any atom is -0.490 e. The molecule has 194 valence electrons. The lowest BCUT2D eigenvalue weighted by Crippen LogP contribution is -2.27. The highest BCUT2D eigenvalue weighted by Gasteiger charge is 2.35. The number of carbonyl (C=O) groups is 2. The number of amides is 2. The van der Waals surface area contributed by atoms with Gasteiger partial charge in [-0.1, -0.05) is 30.3 Å². The van der Waals surface area contributed by atoms with Gasteiger partial charge < -0.3 is 9.47 Å². The zero-order valence-electron chi connectivity index (χ0n) is 20.1. The summed E-state index contributed by atoms with van der Waals surface area (Å²) >= 11 is 0.802. The largest absolute Gasteiger partial charge is 0.490 e. The average molecular weight is 536 g/mol. The van der Waals surface area contributed by atoms with Gasteiger partial charge in [-0.2, -0.15) is 0 Å². The molecule has 0 aliphatic carbocycles. The Labute approximate surface area is 221 Å². The summed E-state index contributed by atoms with van der Waals surface area (Å²) in [5, 5.41) is 21.4. The SMILES string of the molecule is CCOc1cc(C=C2SC(=O)N(Cc3ccc([N+](=O)[O-])cc3)C2=O)ccc1OCc1cccc([N+](=O)[O-])c1. The molecular weight excluding hydrogens is 514 g/mol. The van der Waals surface area contributed by atoms with Crippen LogP contribution in [0.1, 0.15) is 23.6 Å². The van der Waals surface area contributed by atoms with Crippen LogP contribution in [0.4, 0.5) is 16.2 Å². The van der Waals surface area contributed by atoms with E-state index in [1.165, 1.54) is 36.4 Å². The Morgan fingerprint density at radius 2 is 1.61 bits per heavy atom. The molecule has 3 aromatic carbocycles. The lowest BCUT2D eigenvalue weighted by Gasteiger charge is -2.13. The molecule has 0 radical (unpaired) electrons. The normalized spacial score (nSPS) is 14.1. The van der Waals surface area contributed by atoms with E-state index in [9.17, 15) is 29.8 Å². The van der Waals surface area contributed by atoms with Crippen molar-refractivity contribution in [2.24, 2.45) is 0 Å². The van der Waals surface area contributed by atoms with Crippen LogP contribution in [0.2, 0.25) is 0 Å². The molecule has 0 aromatic heterocycles. The molecule has 0 bridgehead atoms.